The molecule has 41 heavy (non-hydrogen) atoms. The highest BCUT2D eigenvalue weighted by molar-refractivity contribution is 5.41. The maximum absolute atomic E-state index is 13.2. The fourth-order valence-corrected chi connectivity index (χ4v) is 5.43. The monoisotopic (exact) mass is 545 g/mol. The van der Waals surface area contributed by atoms with E-state index in [0.29, 0.717) is 6.61 Å². The Morgan fingerprint density at radius 1 is 0.634 bits per heavy atom. The van der Waals surface area contributed by atoms with Crippen molar-refractivity contribution in [3.8, 4) is 28.6 Å². The summed E-state index contributed by atoms with van der Waals surface area (Å²) in [5, 5.41) is 0. The molecule has 0 spiro atoms. The van der Waals surface area contributed by atoms with Gasteiger partial charge in [-0.05, 0) is 104 Å². The number of benzene rings is 4. The zero-order chi connectivity index (χ0) is 27.9. The summed E-state index contributed by atoms with van der Waals surface area (Å²) >= 11 is 0. The van der Waals surface area contributed by atoms with Crippen molar-refractivity contribution < 1.29 is 9.47 Å². The van der Waals surface area contributed by atoms with Crippen LogP contribution in [0.1, 0.15) is 18.4 Å². The van der Waals surface area contributed by atoms with Gasteiger partial charge in [-0.15, -0.1) is 0 Å². The van der Waals surface area contributed by atoms with E-state index in [1.54, 1.807) is 21.5 Å². The largest absolute Gasteiger partial charge is 0.492 e. The summed E-state index contributed by atoms with van der Waals surface area (Å²) in [5.74, 6) is 3.08. The molecule has 208 valence electrons. The Bertz CT molecular complexity index is 1570. The molecule has 0 N–H and O–H groups in total. The second kappa shape index (κ2) is 12.7. The van der Waals surface area contributed by atoms with Gasteiger partial charge in [0.05, 0.1) is 11.4 Å². The van der Waals surface area contributed by atoms with Crippen LogP contribution < -0.4 is 15.2 Å². The predicted octanol–water partition coefficient (Wildman–Crippen LogP) is 6.75. The van der Waals surface area contributed by atoms with Gasteiger partial charge in [-0.1, -0.05) is 48.5 Å². The molecule has 0 atom stereocenters. The van der Waals surface area contributed by atoms with Gasteiger partial charge in [-0.25, -0.2) is 4.79 Å². The predicted molar refractivity (Wildman–Crippen MR) is 163 cm³/mol. The number of aromatic nitrogens is 2. The van der Waals surface area contributed by atoms with Crippen molar-refractivity contribution in [2.45, 2.75) is 19.3 Å². The van der Waals surface area contributed by atoms with Crippen LogP contribution in [-0.4, -0.2) is 40.3 Å². The van der Waals surface area contributed by atoms with Crippen molar-refractivity contribution in [3.63, 3.8) is 0 Å². The van der Waals surface area contributed by atoms with Gasteiger partial charge in [0.15, 0.2) is 0 Å². The van der Waals surface area contributed by atoms with Gasteiger partial charge in [0.2, 0.25) is 0 Å². The first-order valence-corrected chi connectivity index (χ1v) is 14.3. The van der Waals surface area contributed by atoms with Gasteiger partial charge in [0.25, 0.3) is 0 Å². The molecule has 0 bridgehead atoms. The van der Waals surface area contributed by atoms with Gasteiger partial charge in [-0.3, -0.25) is 14.0 Å². The number of piperidine rings is 1. The SMILES string of the molecule is O=c1n(-c2ccc(OCCN3CCC(Cc4ccccc4)CC3)cc2)ccn1-c1ccc(Oc2ccccc2)cc1. The van der Waals surface area contributed by atoms with E-state index in [2.05, 4.69) is 35.2 Å². The van der Waals surface area contributed by atoms with Gasteiger partial charge in [0.1, 0.15) is 23.9 Å². The van der Waals surface area contributed by atoms with Crippen LogP contribution in [0.5, 0.6) is 17.2 Å². The highest BCUT2D eigenvalue weighted by Gasteiger charge is 2.19. The molecule has 0 saturated carbocycles. The number of para-hydroxylation sites is 1. The highest BCUT2D eigenvalue weighted by Crippen LogP contribution is 2.23. The van der Waals surface area contributed by atoms with Crippen LogP contribution in [0.4, 0.5) is 0 Å². The third-order valence-corrected chi connectivity index (χ3v) is 7.74. The van der Waals surface area contributed by atoms with Crippen molar-refractivity contribution >= 4 is 0 Å². The van der Waals surface area contributed by atoms with Crippen molar-refractivity contribution in [2.24, 2.45) is 5.92 Å². The molecule has 0 aliphatic carbocycles. The van der Waals surface area contributed by atoms with E-state index in [-0.39, 0.29) is 5.69 Å². The molecular weight excluding hydrogens is 510 g/mol. The fraction of sp³-hybridized carbons (Fsp3) is 0.229. The summed E-state index contributed by atoms with van der Waals surface area (Å²) in [6.07, 6.45) is 7.23. The van der Waals surface area contributed by atoms with Gasteiger partial charge in [-0.2, -0.15) is 0 Å². The summed E-state index contributed by atoms with van der Waals surface area (Å²) < 4.78 is 15.2. The van der Waals surface area contributed by atoms with Crippen LogP contribution in [0.25, 0.3) is 11.4 Å². The molecule has 2 heterocycles. The summed E-state index contributed by atoms with van der Waals surface area (Å²) in [6.45, 7) is 3.84. The second-order valence-corrected chi connectivity index (χ2v) is 10.5. The molecule has 4 aromatic carbocycles. The molecule has 5 aromatic rings. The standard InChI is InChI=1S/C35H35N3O3/c39-35-37(23-24-38(35)31-13-17-34(18-14-31)41-33-9-5-2-6-10-33)30-11-15-32(16-12-30)40-26-25-36-21-19-29(20-22-36)27-28-7-3-1-4-8-28/h1-18,23-24,29H,19-22,25-27H2. The summed E-state index contributed by atoms with van der Waals surface area (Å²) in [4.78, 5) is 15.7. The molecule has 1 fully saturated rings. The first-order valence-electron chi connectivity index (χ1n) is 14.3. The quantitative estimate of drug-likeness (QED) is 0.195. The number of likely N-dealkylation sites (tertiary alicyclic amines) is 1. The van der Waals surface area contributed by atoms with Crippen LogP contribution in [0.3, 0.4) is 0 Å². The van der Waals surface area contributed by atoms with Gasteiger partial charge in [0, 0.05) is 18.9 Å². The fourth-order valence-electron chi connectivity index (χ4n) is 5.43. The van der Waals surface area contributed by atoms with Gasteiger partial charge >= 0.3 is 5.69 Å². The topological polar surface area (TPSA) is 48.6 Å². The van der Waals surface area contributed by atoms with E-state index >= 15 is 0 Å². The molecule has 1 aliphatic rings. The number of rotatable bonds is 10. The molecule has 1 aromatic heterocycles. The third kappa shape index (κ3) is 6.79. The normalized spacial score (nSPS) is 14.1. The molecular formula is C35H35N3O3. The molecule has 0 radical (unpaired) electrons. The van der Waals surface area contributed by atoms with E-state index in [1.807, 2.05) is 78.9 Å². The van der Waals surface area contributed by atoms with Crippen LogP contribution in [-0.2, 0) is 6.42 Å². The molecule has 6 heteroatoms. The number of hydrogen-bond acceptors (Lipinski definition) is 4. The van der Waals surface area contributed by atoms with E-state index in [0.717, 1.165) is 54.2 Å². The Morgan fingerprint density at radius 3 is 1.78 bits per heavy atom. The number of hydrogen-bond donors (Lipinski definition) is 0. The summed E-state index contributed by atoms with van der Waals surface area (Å²) in [6, 6.07) is 35.7. The minimum absolute atomic E-state index is 0.133. The van der Waals surface area contributed by atoms with Crippen molar-refractivity contribution in [3.05, 3.63) is 138 Å². The van der Waals surface area contributed by atoms with Crippen molar-refractivity contribution in [1.29, 1.82) is 0 Å². The maximum atomic E-state index is 13.2. The first-order chi connectivity index (χ1) is 20.2. The lowest BCUT2D eigenvalue weighted by Gasteiger charge is -2.31. The van der Waals surface area contributed by atoms with Crippen LogP contribution in [0, 0.1) is 5.92 Å². The Kier molecular flexibility index (Phi) is 8.29. The Morgan fingerprint density at radius 2 is 1.17 bits per heavy atom. The number of imidazole rings is 1. The lowest BCUT2D eigenvalue weighted by molar-refractivity contribution is 0.155. The van der Waals surface area contributed by atoms with Crippen molar-refractivity contribution in [1.82, 2.24) is 14.0 Å². The Hall–Kier alpha value is -4.55. The second-order valence-electron chi connectivity index (χ2n) is 10.5. The zero-order valence-corrected chi connectivity index (χ0v) is 23.1. The number of nitrogens with zero attached hydrogens (tertiary/aromatic N) is 3. The molecule has 0 unspecified atom stereocenters. The lowest BCUT2D eigenvalue weighted by Crippen LogP contribution is -2.37. The third-order valence-electron chi connectivity index (χ3n) is 7.74. The first kappa shape index (κ1) is 26.7. The molecule has 6 nitrogen and oxygen atoms in total. The smallest absolute Gasteiger partial charge is 0.337 e. The molecule has 0 amide bonds. The highest BCUT2D eigenvalue weighted by atomic mass is 16.5. The maximum Gasteiger partial charge on any atom is 0.337 e. The molecule has 1 aliphatic heterocycles. The minimum atomic E-state index is -0.133. The van der Waals surface area contributed by atoms with Crippen LogP contribution in [0.15, 0.2) is 126 Å². The van der Waals surface area contributed by atoms with E-state index < -0.39 is 0 Å². The lowest BCUT2D eigenvalue weighted by atomic mass is 9.90. The average molecular weight is 546 g/mol. The average Bonchev–Trinajstić information content (AvgIpc) is 3.41. The Labute approximate surface area is 241 Å². The van der Waals surface area contributed by atoms with Gasteiger partial charge < -0.3 is 9.47 Å². The molecule has 6 rings (SSSR count). The number of ether oxygens (including phenoxy) is 2. The van der Waals surface area contributed by atoms with Crippen LogP contribution >= 0.6 is 0 Å². The Balaban J connectivity index is 0.990. The van der Waals surface area contributed by atoms with E-state index in [4.69, 9.17) is 9.47 Å². The summed E-state index contributed by atoms with van der Waals surface area (Å²) in [5.41, 5.74) is 2.88. The van der Waals surface area contributed by atoms with E-state index in [9.17, 15) is 4.79 Å². The van der Waals surface area contributed by atoms with E-state index in [1.165, 1.54) is 24.8 Å². The summed E-state index contributed by atoms with van der Waals surface area (Å²) in [7, 11) is 0. The molecule has 1 saturated heterocycles. The van der Waals surface area contributed by atoms with Crippen molar-refractivity contribution in [2.75, 3.05) is 26.2 Å². The van der Waals surface area contributed by atoms with Crippen LogP contribution in [0.2, 0.25) is 0 Å². The minimum Gasteiger partial charge on any atom is -0.492 e. The zero-order valence-electron chi connectivity index (χ0n) is 23.1.